The monoisotopic (exact) mass is 594 g/mol. The number of nitrogens with zero attached hydrogens (tertiary/aromatic N) is 4. The molecule has 0 spiro atoms. The third kappa shape index (κ3) is 6.81. The maximum absolute atomic E-state index is 13.4. The van der Waals surface area contributed by atoms with Crippen LogP contribution in [0.15, 0.2) is 52.2 Å². The Hall–Kier alpha value is -4.19. The van der Waals surface area contributed by atoms with E-state index < -0.39 is 10.0 Å². The first-order chi connectivity index (χ1) is 20.1. The fourth-order valence-electron chi connectivity index (χ4n) is 4.70. The number of sulfonamides is 1. The van der Waals surface area contributed by atoms with E-state index in [4.69, 9.17) is 9.84 Å². The van der Waals surface area contributed by atoms with Gasteiger partial charge < -0.3 is 14.6 Å². The molecule has 224 valence electrons. The van der Waals surface area contributed by atoms with Gasteiger partial charge in [-0.05, 0) is 62.7 Å². The van der Waals surface area contributed by atoms with Crippen LogP contribution < -0.4 is 19.9 Å². The zero-order valence-corrected chi connectivity index (χ0v) is 25.5. The molecule has 0 fully saturated rings. The second-order valence-electron chi connectivity index (χ2n) is 10.2. The van der Waals surface area contributed by atoms with Gasteiger partial charge in [0.1, 0.15) is 11.6 Å². The number of amides is 1. The van der Waals surface area contributed by atoms with Gasteiger partial charge in [0.15, 0.2) is 11.3 Å². The summed E-state index contributed by atoms with van der Waals surface area (Å²) in [6, 6.07) is 10.9. The highest BCUT2D eigenvalue weighted by atomic mass is 32.2. The zero-order chi connectivity index (χ0) is 30.4. The summed E-state index contributed by atoms with van der Waals surface area (Å²) in [6.45, 7) is 7.55. The molecule has 0 atom stereocenters. The maximum atomic E-state index is 13.4. The molecule has 4 rings (SSSR count). The molecule has 42 heavy (non-hydrogen) atoms. The van der Waals surface area contributed by atoms with Crippen molar-refractivity contribution in [3.8, 4) is 17.1 Å². The Morgan fingerprint density at radius 1 is 1.07 bits per heavy atom. The number of H-pyrrole nitrogens is 1. The van der Waals surface area contributed by atoms with E-state index in [1.165, 1.54) is 30.4 Å². The number of rotatable bonds is 13. The van der Waals surface area contributed by atoms with Crippen molar-refractivity contribution >= 4 is 32.8 Å². The van der Waals surface area contributed by atoms with Crippen molar-refractivity contribution in [2.75, 3.05) is 23.3 Å². The van der Waals surface area contributed by atoms with Gasteiger partial charge in [-0.1, -0.05) is 32.6 Å². The number of imidazole rings is 1. The number of aromatic nitrogens is 4. The normalized spacial score (nSPS) is 11.5. The Bertz CT molecular complexity index is 1730. The number of aryl methyl sites for hydroxylation is 2. The second-order valence-corrected chi connectivity index (χ2v) is 11.8. The third-order valence-electron chi connectivity index (χ3n) is 7.04. The van der Waals surface area contributed by atoms with Gasteiger partial charge in [0.2, 0.25) is 5.91 Å². The van der Waals surface area contributed by atoms with Gasteiger partial charge in [0, 0.05) is 31.8 Å². The standard InChI is InChI=1S/C30H38N6O5S/c1-6-8-9-10-11-12-27-31-20(3)28-30(38)32-29(33-36(27)28)25-19-24(17-18-26(25)41-7-2)42(39,40)34-22-13-15-23(16-14-22)35(5)21(4)37/h13-19,34H,6-12H2,1-5H3,(H,32,33,38). The molecule has 4 aromatic rings. The number of ether oxygens (including phenoxy) is 1. The second kappa shape index (κ2) is 13.2. The van der Waals surface area contributed by atoms with E-state index >= 15 is 0 Å². The number of fused-ring (bicyclic) bond motifs is 1. The van der Waals surface area contributed by atoms with Crippen LogP contribution in [0, 0.1) is 6.92 Å². The molecule has 0 unspecified atom stereocenters. The molecule has 2 heterocycles. The van der Waals surface area contributed by atoms with Crippen LogP contribution in [0.5, 0.6) is 5.75 Å². The van der Waals surface area contributed by atoms with Crippen LogP contribution in [0.1, 0.15) is 64.4 Å². The minimum absolute atomic E-state index is 0.0356. The van der Waals surface area contributed by atoms with Crippen molar-refractivity contribution in [2.45, 2.75) is 71.1 Å². The van der Waals surface area contributed by atoms with Gasteiger partial charge >= 0.3 is 0 Å². The molecule has 2 aromatic heterocycles. The smallest absolute Gasteiger partial charge is 0.277 e. The van der Waals surface area contributed by atoms with Crippen molar-refractivity contribution in [1.29, 1.82) is 0 Å². The Labute approximate surface area is 246 Å². The maximum Gasteiger partial charge on any atom is 0.277 e. The molecule has 2 aromatic carbocycles. The van der Waals surface area contributed by atoms with Crippen LogP contribution >= 0.6 is 0 Å². The van der Waals surface area contributed by atoms with E-state index in [9.17, 15) is 18.0 Å². The van der Waals surface area contributed by atoms with Crippen LogP contribution in [-0.4, -0.2) is 47.6 Å². The number of carbonyl (C=O) groups excluding carboxylic acids is 1. The van der Waals surface area contributed by atoms with Crippen molar-refractivity contribution in [3.05, 3.63) is 64.3 Å². The number of hydrogen-bond acceptors (Lipinski definition) is 7. The van der Waals surface area contributed by atoms with E-state index in [0.717, 1.165) is 25.7 Å². The van der Waals surface area contributed by atoms with Gasteiger partial charge in [-0.2, -0.15) is 0 Å². The number of nitrogens with one attached hydrogen (secondary N) is 2. The Morgan fingerprint density at radius 3 is 2.45 bits per heavy atom. The van der Waals surface area contributed by atoms with Gasteiger partial charge in [-0.25, -0.2) is 17.9 Å². The highest BCUT2D eigenvalue weighted by Gasteiger charge is 2.21. The molecule has 0 saturated heterocycles. The molecule has 0 radical (unpaired) electrons. The highest BCUT2D eigenvalue weighted by molar-refractivity contribution is 7.92. The molecule has 11 nitrogen and oxygen atoms in total. The van der Waals surface area contributed by atoms with Crippen molar-refractivity contribution in [3.63, 3.8) is 0 Å². The average molecular weight is 595 g/mol. The fraction of sp³-hybridized carbons (Fsp3) is 0.400. The number of anilines is 2. The van der Waals surface area contributed by atoms with E-state index in [-0.39, 0.29) is 22.2 Å². The SMILES string of the molecule is CCCCCCCc1nc(C)c2c(=O)[nH]c(-c3cc(S(=O)(=O)Nc4ccc(N(C)C(C)=O)cc4)ccc3OCC)nn12. The predicted octanol–water partition coefficient (Wildman–Crippen LogP) is 5.09. The molecule has 2 N–H and O–H groups in total. The lowest BCUT2D eigenvalue weighted by molar-refractivity contribution is -0.116. The molecule has 0 aliphatic heterocycles. The lowest BCUT2D eigenvalue weighted by Gasteiger charge is -2.16. The number of benzene rings is 2. The minimum atomic E-state index is -4.03. The van der Waals surface area contributed by atoms with Crippen LogP contribution in [0.25, 0.3) is 16.9 Å². The molecule has 0 saturated carbocycles. The molecular weight excluding hydrogens is 556 g/mol. The van der Waals surface area contributed by atoms with Gasteiger partial charge in [-0.15, -0.1) is 5.10 Å². The van der Waals surface area contributed by atoms with Crippen molar-refractivity contribution in [1.82, 2.24) is 19.6 Å². The zero-order valence-electron chi connectivity index (χ0n) is 24.7. The average Bonchev–Trinajstić information content (AvgIpc) is 3.28. The highest BCUT2D eigenvalue weighted by Crippen LogP contribution is 2.31. The minimum Gasteiger partial charge on any atom is -0.493 e. The summed E-state index contributed by atoms with van der Waals surface area (Å²) in [6.07, 6.45) is 6.15. The van der Waals surface area contributed by atoms with Gasteiger partial charge in [0.25, 0.3) is 15.6 Å². The van der Waals surface area contributed by atoms with Crippen molar-refractivity contribution < 1.29 is 17.9 Å². The molecule has 0 aliphatic carbocycles. The van der Waals surface area contributed by atoms with Crippen LogP contribution in [0.3, 0.4) is 0 Å². The molecular formula is C30H38N6O5S. The summed E-state index contributed by atoms with van der Waals surface area (Å²) < 4.78 is 36.7. The van der Waals surface area contributed by atoms with Crippen molar-refractivity contribution in [2.24, 2.45) is 0 Å². The largest absolute Gasteiger partial charge is 0.493 e. The first-order valence-electron chi connectivity index (χ1n) is 14.2. The fourth-order valence-corrected chi connectivity index (χ4v) is 5.78. The number of hydrogen-bond donors (Lipinski definition) is 2. The van der Waals surface area contributed by atoms with E-state index in [1.807, 2.05) is 6.92 Å². The summed E-state index contributed by atoms with van der Waals surface area (Å²) in [5, 5.41) is 4.70. The molecule has 12 heteroatoms. The summed E-state index contributed by atoms with van der Waals surface area (Å²) in [5.74, 6) is 1.11. The Morgan fingerprint density at radius 2 is 1.79 bits per heavy atom. The van der Waals surface area contributed by atoms with Gasteiger partial charge in [0.05, 0.1) is 22.8 Å². The summed E-state index contributed by atoms with van der Waals surface area (Å²) in [5.41, 5.74) is 1.88. The van der Waals surface area contributed by atoms with Crippen LogP contribution in [0.4, 0.5) is 11.4 Å². The summed E-state index contributed by atoms with van der Waals surface area (Å²) >= 11 is 0. The lowest BCUT2D eigenvalue weighted by atomic mass is 10.1. The molecule has 1 amide bonds. The number of aromatic amines is 1. The quantitative estimate of drug-likeness (QED) is 0.206. The lowest BCUT2D eigenvalue weighted by Crippen LogP contribution is -2.22. The van der Waals surface area contributed by atoms with E-state index in [2.05, 4.69) is 21.6 Å². The molecule has 0 bridgehead atoms. The Kier molecular flexibility index (Phi) is 9.66. The summed E-state index contributed by atoms with van der Waals surface area (Å²) in [7, 11) is -2.39. The first kappa shape index (κ1) is 30.8. The Balaban J connectivity index is 1.70. The van der Waals surface area contributed by atoms with Crippen LogP contribution in [0.2, 0.25) is 0 Å². The topological polar surface area (TPSA) is 139 Å². The molecule has 0 aliphatic rings. The number of unbranched alkanes of at least 4 members (excludes halogenated alkanes) is 4. The van der Waals surface area contributed by atoms with E-state index in [1.54, 1.807) is 48.8 Å². The number of carbonyl (C=O) groups is 1. The van der Waals surface area contributed by atoms with Crippen LogP contribution in [-0.2, 0) is 21.2 Å². The van der Waals surface area contributed by atoms with E-state index in [0.29, 0.717) is 52.8 Å². The third-order valence-corrected chi connectivity index (χ3v) is 8.42. The predicted molar refractivity (Wildman–Crippen MR) is 164 cm³/mol. The first-order valence-corrected chi connectivity index (χ1v) is 15.7. The van der Waals surface area contributed by atoms with Gasteiger partial charge in [-0.3, -0.25) is 14.3 Å². The summed E-state index contributed by atoms with van der Waals surface area (Å²) in [4.78, 5) is 33.7.